The number of halogens is 2. The molecular weight excluding hydrogens is 746 g/mol. The predicted molar refractivity (Wildman–Crippen MR) is 181 cm³/mol. The minimum atomic E-state index is 0. The van der Waals surface area contributed by atoms with E-state index in [1.54, 1.807) is 6.55 Å². The van der Waals surface area contributed by atoms with Crippen molar-refractivity contribution in [2.45, 2.75) is 59.9 Å². The first kappa shape index (κ1) is 40.8. The van der Waals surface area contributed by atoms with Crippen molar-refractivity contribution >= 4 is 31.8 Å². The minimum Gasteiger partial charge on any atom is -1.00 e. The Labute approximate surface area is 295 Å². The molecule has 0 atom stereocenters. The molecule has 0 fully saturated rings. The van der Waals surface area contributed by atoms with Crippen molar-refractivity contribution < 1.29 is 50.7 Å². The maximum absolute atomic E-state index is 2.97. The second-order valence-electron chi connectivity index (χ2n) is 10.1. The zero-order valence-electron chi connectivity index (χ0n) is 26.1. The Morgan fingerprint density at radius 2 is 0.860 bits per heavy atom. The topological polar surface area (TPSA) is 0 Å². The second kappa shape index (κ2) is 22.3. The Kier molecular flexibility index (Phi) is 21.1. The standard InChI is InChI=1S/2C16H13.C6H14.CH3Si.2ClH.Hf/c2*1-12-10-14-8-5-9-15(16(14)11-12)13-6-3-2-4-7-13;1-3-5-6-4-2;1-2;;;/h2*2-11H,1H3;3-6H2,1-2H3;1H3;2*1H;/q2*-1;;;;;+4/p-2. The zero-order chi connectivity index (χ0) is 28.7. The van der Waals surface area contributed by atoms with Gasteiger partial charge >= 0.3 is 25.8 Å². The third-order valence-electron chi connectivity index (χ3n) is 6.92. The van der Waals surface area contributed by atoms with E-state index >= 15 is 0 Å². The van der Waals surface area contributed by atoms with Crippen LogP contribution in [0.5, 0.6) is 0 Å². The Morgan fingerprint density at radius 3 is 1.19 bits per heavy atom. The van der Waals surface area contributed by atoms with Gasteiger partial charge in [0.2, 0.25) is 0 Å². The average Bonchev–Trinajstić information content (AvgIpc) is 3.59. The number of aryl methyl sites for hydroxylation is 2. The first-order valence-corrected chi connectivity index (χ1v) is 15.5. The van der Waals surface area contributed by atoms with Crippen LogP contribution in [0.4, 0.5) is 0 Å². The maximum atomic E-state index is 2.97. The zero-order valence-corrected chi connectivity index (χ0v) is 32.2. The molecule has 0 amide bonds. The van der Waals surface area contributed by atoms with E-state index in [1.165, 1.54) is 80.6 Å². The van der Waals surface area contributed by atoms with Gasteiger partial charge in [0.1, 0.15) is 0 Å². The summed E-state index contributed by atoms with van der Waals surface area (Å²) in [5, 5.41) is 5.37. The van der Waals surface area contributed by atoms with E-state index in [0.29, 0.717) is 0 Å². The van der Waals surface area contributed by atoms with E-state index in [2.05, 4.69) is 159 Å². The van der Waals surface area contributed by atoms with Crippen molar-refractivity contribution in [1.29, 1.82) is 0 Å². The van der Waals surface area contributed by atoms with Crippen LogP contribution in [-0.4, -0.2) is 10.2 Å². The van der Waals surface area contributed by atoms with E-state index in [0.717, 1.165) is 0 Å². The van der Waals surface area contributed by atoms with Crippen molar-refractivity contribution in [3.05, 3.63) is 132 Å². The molecule has 0 spiro atoms. The molecule has 4 heteroatoms. The molecule has 6 aromatic rings. The molecule has 0 bridgehead atoms. The number of hydrogen-bond donors (Lipinski definition) is 0. The van der Waals surface area contributed by atoms with E-state index in [1.807, 2.05) is 0 Å². The summed E-state index contributed by atoms with van der Waals surface area (Å²) < 4.78 is 0. The van der Waals surface area contributed by atoms with Gasteiger partial charge in [0.25, 0.3) is 0 Å². The van der Waals surface area contributed by atoms with Gasteiger partial charge in [0.05, 0.1) is 0 Å². The fraction of sp³-hybridized carbons (Fsp3) is 0.231. The molecule has 0 aromatic heterocycles. The van der Waals surface area contributed by atoms with Crippen molar-refractivity contribution in [1.82, 2.24) is 0 Å². The van der Waals surface area contributed by atoms with Crippen LogP contribution in [0.3, 0.4) is 0 Å². The largest absolute Gasteiger partial charge is 4.00 e. The first-order valence-electron chi connectivity index (χ1n) is 14.5. The fourth-order valence-electron chi connectivity index (χ4n) is 5.01. The molecule has 0 N–H and O–H groups in total. The molecule has 0 unspecified atom stereocenters. The van der Waals surface area contributed by atoms with Gasteiger partial charge in [0, 0.05) is 10.2 Å². The van der Waals surface area contributed by atoms with Gasteiger partial charge in [-0.05, 0) is 11.1 Å². The van der Waals surface area contributed by atoms with Crippen LogP contribution in [0.15, 0.2) is 121 Å². The molecular formula is C39H43Cl2HfSi. The molecule has 0 aliphatic heterocycles. The van der Waals surface area contributed by atoms with Crippen LogP contribution in [0, 0.1) is 13.8 Å². The quantitative estimate of drug-likeness (QED) is 0.117. The Bertz CT molecular complexity index is 1430. The smallest absolute Gasteiger partial charge is 1.00 e. The number of unbranched alkanes of at least 4 members (excludes halogenated alkanes) is 3. The van der Waals surface area contributed by atoms with Crippen molar-refractivity contribution in [2.24, 2.45) is 0 Å². The summed E-state index contributed by atoms with van der Waals surface area (Å²) in [4.78, 5) is 0. The van der Waals surface area contributed by atoms with Crippen molar-refractivity contribution in [2.75, 3.05) is 0 Å². The van der Waals surface area contributed by atoms with Crippen LogP contribution in [0.2, 0.25) is 6.55 Å². The summed E-state index contributed by atoms with van der Waals surface area (Å²) >= 11 is 0. The molecule has 221 valence electrons. The van der Waals surface area contributed by atoms with E-state index in [-0.39, 0.29) is 50.7 Å². The maximum Gasteiger partial charge on any atom is 4.00 e. The van der Waals surface area contributed by atoms with Gasteiger partial charge in [-0.3, -0.25) is 0 Å². The third-order valence-corrected chi connectivity index (χ3v) is 6.92. The molecule has 0 saturated carbocycles. The van der Waals surface area contributed by atoms with Gasteiger partial charge in [-0.15, -0.1) is 69.1 Å². The second-order valence-corrected chi connectivity index (χ2v) is 10.1. The number of benzene rings is 4. The summed E-state index contributed by atoms with van der Waals surface area (Å²) in [5.74, 6) is 0. The van der Waals surface area contributed by atoms with Gasteiger partial charge in [-0.2, -0.15) is 12.1 Å². The number of fused-ring (bicyclic) bond motifs is 2. The predicted octanol–water partition coefficient (Wildman–Crippen LogP) is 5.86. The normalized spacial score (nSPS) is 9.44. The number of rotatable bonds is 5. The average molecular weight is 789 g/mol. The van der Waals surface area contributed by atoms with E-state index < -0.39 is 0 Å². The van der Waals surface area contributed by atoms with Gasteiger partial charge in [-0.1, -0.05) is 144 Å². The van der Waals surface area contributed by atoms with Crippen molar-refractivity contribution in [3.8, 4) is 22.3 Å². The summed E-state index contributed by atoms with van der Waals surface area (Å²) in [6.45, 7) is 10.6. The summed E-state index contributed by atoms with van der Waals surface area (Å²) in [5.41, 5.74) is 7.89. The summed E-state index contributed by atoms with van der Waals surface area (Å²) in [7, 11) is 2.97. The van der Waals surface area contributed by atoms with Crippen molar-refractivity contribution in [3.63, 3.8) is 0 Å². The molecule has 0 aliphatic rings. The Hall–Kier alpha value is -2.23. The molecule has 0 nitrogen and oxygen atoms in total. The van der Waals surface area contributed by atoms with E-state index in [9.17, 15) is 0 Å². The van der Waals surface area contributed by atoms with Crippen LogP contribution in [0.1, 0.15) is 50.7 Å². The molecule has 0 aliphatic carbocycles. The minimum absolute atomic E-state index is 0. The summed E-state index contributed by atoms with van der Waals surface area (Å²) in [6, 6.07) is 43.1. The third kappa shape index (κ3) is 12.0. The molecule has 6 rings (SSSR count). The van der Waals surface area contributed by atoms with Gasteiger partial charge in [-0.25, -0.2) is 0 Å². The SMILES string of the molecule is CCCCCC.C[Si].Cc1cc2c(-c3ccccc3)cccc2[cH-]1.Cc1cc2c(-c3ccccc3)cccc2[cH-]1.[Cl-].[Cl-].[Hf+4]. The van der Waals surface area contributed by atoms with Gasteiger partial charge < -0.3 is 24.8 Å². The fourth-order valence-corrected chi connectivity index (χ4v) is 5.01. The van der Waals surface area contributed by atoms with E-state index in [4.69, 9.17) is 0 Å². The van der Waals surface area contributed by atoms with Crippen LogP contribution in [-0.2, 0) is 25.8 Å². The summed E-state index contributed by atoms with van der Waals surface area (Å²) in [6.07, 6.45) is 5.54. The van der Waals surface area contributed by atoms with Gasteiger partial charge in [0.15, 0.2) is 0 Å². The molecule has 3 radical (unpaired) electrons. The molecule has 43 heavy (non-hydrogen) atoms. The van der Waals surface area contributed by atoms with Crippen LogP contribution in [0.25, 0.3) is 43.8 Å². The number of hydrogen-bond acceptors (Lipinski definition) is 0. The Balaban J connectivity index is 0.000000627. The molecule has 0 saturated heterocycles. The molecule has 6 aromatic carbocycles. The van der Waals surface area contributed by atoms with Crippen LogP contribution >= 0.6 is 0 Å². The van der Waals surface area contributed by atoms with Crippen LogP contribution < -0.4 is 24.8 Å². The molecule has 0 heterocycles. The monoisotopic (exact) mass is 789 g/mol. The Morgan fingerprint density at radius 1 is 0.512 bits per heavy atom. The first-order chi connectivity index (χ1) is 19.6.